The minimum Gasteiger partial charge on any atom is -0.334 e. The number of pyridine rings is 1. The van der Waals surface area contributed by atoms with Crippen molar-refractivity contribution < 1.29 is 9.85 Å². The number of anilines is 2. The fourth-order valence-electron chi connectivity index (χ4n) is 2.32. The molecule has 0 atom stereocenters. The van der Waals surface area contributed by atoms with Gasteiger partial charge in [0.1, 0.15) is 11.5 Å². The van der Waals surface area contributed by atoms with Crippen LogP contribution in [-0.4, -0.2) is 14.8 Å². The number of benzene rings is 1. The molecule has 0 fully saturated rings. The van der Waals surface area contributed by atoms with Gasteiger partial charge < -0.3 is 5.32 Å². The van der Waals surface area contributed by atoms with Crippen LogP contribution >= 0.6 is 0 Å². The second-order valence-corrected chi connectivity index (χ2v) is 6.50. The summed E-state index contributed by atoms with van der Waals surface area (Å²) in [6.07, 6.45) is 1.59. The van der Waals surface area contributed by atoms with Gasteiger partial charge in [0.2, 0.25) is 0 Å². The Morgan fingerprint density at radius 1 is 1.08 bits per heavy atom. The summed E-state index contributed by atoms with van der Waals surface area (Å²) in [7, 11) is 0. The summed E-state index contributed by atoms with van der Waals surface area (Å²) in [4.78, 5) is 25.5. The van der Waals surface area contributed by atoms with Crippen LogP contribution in [0.15, 0.2) is 30.5 Å². The van der Waals surface area contributed by atoms with Crippen LogP contribution in [0.3, 0.4) is 0 Å². The Labute approximate surface area is 138 Å². The molecule has 126 valence electrons. The van der Waals surface area contributed by atoms with Crippen LogP contribution in [-0.2, 0) is 5.41 Å². The maximum Gasteiger partial charge on any atom is 0.299 e. The molecule has 0 radical (unpaired) electrons. The molecule has 0 aliphatic rings. The van der Waals surface area contributed by atoms with Crippen molar-refractivity contribution in [1.82, 2.24) is 4.98 Å². The maximum absolute atomic E-state index is 11.5. The number of aromatic nitrogens is 1. The van der Waals surface area contributed by atoms with Crippen LogP contribution in [0, 0.1) is 27.2 Å². The Balaban J connectivity index is 2.71. The molecule has 1 aromatic heterocycles. The van der Waals surface area contributed by atoms with Crippen molar-refractivity contribution in [2.24, 2.45) is 0 Å². The van der Waals surface area contributed by atoms with Gasteiger partial charge in [-0.25, -0.2) is 4.98 Å². The van der Waals surface area contributed by atoms with E-state index < -0.39 is 15.3 Å². The SMILES string of the molecule is Cc1ccnc(Nc2c([N+](=O)[O-])cc([N+](=O)[O-])cc2C(C)(C)C)c1. The number of rotatable bonds is 4. The van der Waals surface area contributed by atoms with E-state index in [0.717, 1.165) is 11.6 Å². The van der Waals surface area contributed by atoms with Crippen LogP contribution in [0.1, 0.15) is 31.9 Å². The first-order chi connectivity index (χ1) is 11.1. The van der Waals surface area contributed by atoms with E-state index in [4.69, 9.17) is 0 Å². The second kappa shape index (κ2) is 6.23. The number of hydrogen-bond donors (Lipinski definition) is 1. The minimum atomic E-state index is -0.628. The molecule has 0 aliphatic carbocycles. The average Bonchev–Trinajstić information content (AvgIpc) is 2.45. The molecule has 1 aromatic carbocycles. The zero-order valence-corrected chi connectivity index (χ0v) is 13.9. The maximum atomic E-state index is 11.5. The molecule has 2 rings (SSSR count). The largest absolute Gasteiger partial charge is 0.334 e. The first kappa shape index (κ1) is 17.3. The van der Waals surface area contributed by atoms with Gasteiger partial charge in [-0.05, 0) is 35.6 Å². The van der Waals surface area contributed by atoms with Gasteiger partial charge in [0.05, 0.1) is 15.9 Å². The highest BCUT2D eigenvalue weighted by Crippen LogP contribution is 2.40. The van der Waals surface area contributed by atoms with Crippen molar-refractivity contribution >= 4 is 22.9 Å². The summed E-state index contributed by atoms with van der Waals surface area (Å²) >= 11 is 0. The van der Waals surface area contributed by atoms with E-state index in [-0.39, 0.29) is 17.1 Å². The van der Waals surface area contributed by atoms with Gasteiger partial charge in [0, 0.05) is 12.3 Å². The molecule has 0 unspecified atom stereocenters. The van der Waals surface area contributed by atoms with E-state index in [1.807, 2.05) is 27.7 Å². The van der Waals surface area contributed by atoms with E-state index in [1.165, 1.54) is 6.07 Å². The van der Waals surface area contributed by atoms with Crippen molar-refractivity contribution in [3.8, 4) is 0 Å². The van der Waals surface area contributed by atoms with Gasteiger partial charge in [-0.1, -0.05) is 20.8 Å². The van der Waals surface area contributed by atoms with Crippen LogP contribution in [0.2, 0.25) is 0 Å². The van der Waals surface area contributed by atoms with Crippen molar-refractivity contribution in [3.05, 3.63) is 61.8 Å². The summed E-state index contributed by atoms with van der Waals surface area (Å²) in [6.45, 7) is 7.39. The van der Waals surface area contributed by atoms with Crippen molar-refractivity contribution in [1.29, 1.82) is 0 Å². The Kier molecular flexibility index (Phi) is 4.50. The number of nitro benzene ring substituents is 2. The van der Waals surface area contributed by atoms with Crippen LogP contribution in [0.25, 0.3) is 0 Å². The molecule has 1 heterocycles. The number of non-ortho nitro benzene ring substituents is 1. The predicted octanol–water partition coefficient (Wildman–Crippen LogP) is 4.25. The van der Waals surface area contributed by atoms with Crippen molar-refractivity contribution in [3.63, 3.8) is 0 Å². The number of nitrogens with zero attached hydrogens (tertiary/aromatic N) is 3. The third kappa shape index (κ3) is 3.65. The Bertz CT molecular complexity index is 812. The lowest BCUT2D eigenvalue weighted by Crippen LogP contribution is -2.16. The monoisotopic (exact) mass is 330 g/mol. The third-order valence-corrected chi connectivity index (χ3v) is 3.49. The molecule has 0 spiro atoms. The molecule has 24 heavy (non-hydrogen) atoms. The number of nitro groups is 2. The van der Waals surface area contributed by atoms with E-state index in [0.29, 0.717) is 11.4 Å². The van der Waals surface area contributed by atoms with Crippen molar-refractivity contribution in [2.45, 2.75) is 33.1 Å². The molecular weight excluding hydrogens is 312 g/mol. The first-order valence-electron chi connectivity index (χ1n) is 7.26. The summed E-state index contributed by atoms with van der Waals surface area (Å²) in [5.74, 6) is 0.442. The predicted molar refractivity (Wildman–Crippen MR) is 90.7 cm³/mol. The van der Waals surface area contributed by atoms with Gasteiger partial charge in [-0.2, -0.15) is 0 Å². The Morgan fingerprint density at radius 2 is 1.75 bits per heavy atom. The smallest absolute Gasteiger partial charge is 0.299 e. The standard InChI is InChI=1S/C16H18N4O4/c1-10-5-6-17-14(7-10)18-15-12(16(2,3)4)8-11(19(21)22)9-13(15)20(23)24/h5-9H,1-4H3,(H,17,18). The lowest BCUT2D eigenvalue weighted by molar-refractivity contribution is -0.393. The molecule has 0 saturated heterocycles. The lowest BCUT2D eigenvalue weighted by Gasteiger charge is -2.23. The van der Waals surface area contributed by atoms with E-state index in [9.17, 15) is 20.2 Å². The highest BCUT2D eigenvalue weighted by molar-refractivity contribution is 5.76. The number of aryl methyl sites for hydroxylation is 1. The molecule has 0 bridgehead atoms. The molecule has 0 aliphatic heterocycles. The van der Waals surface area contributed by atoms with Gasteiger partial charge in [0.25, 0.3) is 11.4 Å². The van der Waals surface area contributed by atoms with Crippen LogP contribution in [0.5, 0.6) is 0 Å². The first-order valence-corrected chi connectivity index (χ1v) is 7.26. The highest BCUT2D eigenvalue weighted by atomic mass is 16.6. The van der Waals surface area contributed by atoms with E-state index >= 15 is 0 Å². The van der Waals surface area contributed by atoms with E-state index in [1.54, 1.807) is 18.3 Å². The molecule has 0 amide bonds. The summed E-state index contributed by atoms with van der Waals surface area (Å²) < 4.78 is 0. The van der Waals surface area contributed by atoms with Crippen molar-refractivity contribution in [2.75, 3.05) is 5.32 Å². The quantitative estimate of drug-likeness (QED) is 0.662. The van der Waals surface area contributed by atoms with Crippen LogP contribution < -0.4 is 5.32 Å². The zero-order chi connectivity index (χ0) is 18.1. The third-order valence-electron chi connectivity index (χ3n) is 3.49. The Morgan fingerprint density at radius 3 is 2.25 bits per heavy atom. The Hall–Kier alpha value is -3.03. The number of nitrogens with one attached hydrogen (secondary N) is 1. The molecule has 0 saturated carbocycles. The summed E-state index contributed by atoms with van der Waals surface area (Å²) in [5, 5.41) is 25.5. The molecule has 1 N–H and O–H groups in total. The summed E-state index contributed by atoms with van der Waals surface area (Å²) in [5.41, 5.74) is 0.437. The second-order valence-electron chi connectivity index (χ2n) is 6.50. The fraction of sp³-hybridized carbons (Fsp3) is 0.312. The summed E-state index contributed by atoms with van der Waals surface area (Å²) in [6, 6.07) is 5.89. The van der Waals surface area contributed by atoms with Crippen LogP contribution in [0.4, 0.5) is 22.9 Å². The minimum absolute atomic E-state index is 0.219. The lowest BCUT2D eigenvalue weighted by atomic mass is 9.85. The molecule has 2 aromatic rings. The molecule has 8 heteroatoms. The normalized spacial score (nSPS) is 11.2. The number of hydrogen-bond acceptors (Lipinski definition) is 6. The van der Waals surface area contributed by atoms with Gasteiger partial charge in [0.15, 0.2) is 0 Å². The fourth-order valence-corrected chi connectivity index (χ4v) is 2.32. The highest BCUT2D eigenvalue weighted by Gasteiger charge is 2.30. The average molecular weight is 330 g/mol. The molecular formula is C16H18N4O4. The van der Waals surface area contributed by atoms with Gasteiger partial charge in [-0.15, -0.1) is 0 Å². The zero-order valence-electron chi connectivity index (χ0n) is 13.9. The van der Waals surface area contributed by atoms with Gasteiger partial charge >= 0.3 is 0 Å². The topological polar surface area (TPSA) is 111 Å². The molecule has 8 nitrogen and oxygen atoms in total. The van der Waals surface area contributed by atoms with Gasteiger partial charge in [-0.3, -0.25) is 20.2 Å². The van der Waals surface area contributed by atoms with E-state index in [2.05, 4.69) is 10.3 Å².